The molecule has 1 atom stereocenters. The van der Waals surface area contributed by atoms with Gasteiger partial charge in [-0.15, -0.1) is 0 Å². The Morgan fingerprint density at radius 3 is 2.91 bits per heavy atom. The van der Waals surface area contributed by atoms with Gasteiger partial charge in [-0.3, -0.25) is 14.7 Å². The second kappa shape index (κ2) is 5.85. The number of nitrogens with zero attached hydrogens (tertiary/aromatic N) is 2. The highest BCUT2D eigenvalue weighted by molar-refractivity contribution is 5.79. The maximum Gasteiger partial charge on any atom is 0.308 e. The Morgan fingerprint density at radius 2 is 2.17 bits per heavy atom. The molecule has 0 saturated carbocycles. The molecule has 122 valence electrons. The third-order valence-corrected chi connectivity index (χ3v) is 4.13. The molecule has 4 nitrogen and oxygen atoms in total. The fourth-order valence-electron chi connectivity index (χ4n) is 3.11. The SMILES string of the molecule is Cc1ccc2cc(CN3CC(C(=O)O)CC(F)(F)C3)ccc2n1. The minimum Gasteiger partial charge on any atom is -0.481 e. The Hall–Kier alpha value is -2.08. The van der Waals surface area contributed by atoms with E-state index in [2.05, 4.69) is 4.98 Å². The van der Waals surface area contributed by atoms with Crippen LogP contribution < -0.4 is 0 Å². The maximum absolute atomic E-state index is 13.8. The Labute approximate surface area is 132 Å². The summed E-state index contributed by atoms with van der Waals surface area (Å²) in [6.07, 6.45) is -0.584. The highest BCUT2D eigenvalue weighted by atomic mass is 19.3. The molecule has 0 spiro atoms. The summed E-state index contributed by atoms with van der Waals surface area (Å²) in [6.45, 7) is 1.97. The summed E-state index contributed by atoms with van der Waals surface area (Å²) in [5, 5.41) is 10.0. The van der Waals surface area contributed by atoms with Crippen molar-refractivity contribution in [2.24, 2.45) is 5.92 Å². The first-order chi connectivity index (χ1) is 10.8. The summed E-state index contributed by atoms with van der Waals surface area (Å²) >= 11 is 0. The van der Waals surface area contributed by atoms with Crippen molar-refractivity contribution in [3.8, 4) is 0 Å². The highest BCUT2D eigenvalue weighted by Crippen LogP contribution is 2.31. The first kappa shape index (κ1) is 15.8. The number of carboxylic acids is 1. The van der Waals surface area contributed by atoms with Crippen molar-refractivity contribution in [2.45, 2.75) is 25.8 Å². The monoisotopic (exact) mass is 320 g/mol. The summed E-state index contributed by atoms with van der Waals surface area (Å²) < 4.78 is 27.5. The van der Waals surface area contributed by atoms with Crippen LogP contribution in [0.2, 0.25) is 0 Å². The number of hydrogen-bond donors (Lipinski definition) is 1. The van der Waals surface area contributed by atoms with E-state index >= 15 is 0 Å². The number of piperidine rings is 1. The number of fused-ring (bicyclic) bond motifs is 1. The number of rotatable bonds is 3. The van der Waals surface area contributed by atoms with Gasteiger partial charge in [-0.25, -0.2) is 8.78 Å². The zero-order valence-corrected chi connectivity index (χ0v) is 12.8. The number of carboxylic acid groups (broad SMARTS) is 1. The first-order valence-electron chi connectivity index (χ1n) is 7.52. The van der Waals surface area contributed by atoms with Gasteiger partial charge < -0.3 is 5.11 Å². The number of aromatic nitrogens is 1. The van der Waals surface area contributed by atoms with Crippen LogP contribution in [0.25, 0.3) is 10.9 Å². The third-order valence-electron chi connectivity index (χ3n) is 4.13. The lowest BCUT2D eigenvalue weighted by molar-refractivity contribution is -0.153. The predicted molar refractivity (Wildman–Crippen MR) is 82.4 cm³/mol. The molecule has 1 N–H and O–H groups in total. The van der Waals surface area contributed by atoms with E-state index in [0.717, 1.165) is 22.2 Å². The molecule has 1 saturated heterocycles. The average Bonchev–Trinajstić information content (AvgIpc) is 2.45. The van der Waals surface area contributed by atoms with Gasteiger partial charge >= 0.3 is 5.97 Å². The van der Waals surface area contributed by atoms with Gasteiger partial charge in [0.2, 0.25) is 0 Å². The third kappa shape index (κ3) is 3.64. The molecule has 1 aromatic heterocycles. The number of carbonyl (C=O) groups is 1. The lowest BCUT2D eigenvalue weighted by Gasteiger charge is -2.35. The van der Waals surface area contributed by atoms with E-state index in [1.165, 1.54) is 4.90 Å². The van der Waals surface area contributed by atoms with E-state index in [1.54, 1.807) is 0 Å². The van der Waals surface area contributed by atoms with E-state index in [1.807, 2.05) is 37.3 Å². The van der Waals surface area contributed by atoms with Gasteiger partial charge in [0.25, 0.3) is 5.92 Å². The zero-order valence-electron chi connectivity index (χ0n) is 12.8. The molecule has 2 heterocycles. The van der Waals surface area contributed by atoms with Crippen LogP contribution in [0.3, 0.4) is 0 Å². The number of aliphatic carboxylic acids is 1. The molecule has 0 radical (unpaired) electrons. The second-order valence-electron chi connectivity index (χ2n) is 6.24. The number of aryl methyl sites for hydroxylation is 1. The number of alkyl halides is 2. The molecule has 0 bridgehead atoms. The standard InChI is InChI=1S/C17H18F2N2O2/c1-11-2-4-13-6-12(3-5-15(13)20-11)8-21-9-14(16(22)23)7-17(18,19)10-21/h2-6,14H,7-10H2,1H3,(H,22,23). The van der Waals surface area contributed by atoms with Crippen molar-refractivity contribution in [1.29, 1.82) is 0 Å². The van der Waals surface area contributed by atoms with Crippen LogP contribution in [0.1, 0.15) is 17.7 Å². The van der Waals surface area contributed by atoms with Gasteiger partial charge in [0.1, 0.15) is 0 Å². The largest absolute Gasteiger partial charge is 0.481 e. The molecule has 1 aliphatic heterocycles. The van der Waals surface area contributed by atoms with E-state index in [0.29, 0.717) is 6.54 Å². The topological polar surface area (TPSA) is 53.4 Å². The van der Waals surface area contributed by atoms with Gasteiger partial charge in [-0.2, -0.15) is 0 Å². The molecule has 0 aliphatic carbocycles. The van der Waals surface area contributed by atoms with Crippen molar-refractivity contribution < 1.29 is 18.7 Å². The molecule has 23 heavy (non-hydrogen) atoms. The van der Waals surface area contributed by atoms with E-state index in [4.69, 9.17) is 5.11 Å². The molecule has 0 amide bonds. The smallest absolute Gasteiger partial charge is 0.308 e. The van der Waals surface area contributed by atoms with Crippen LogP contribution in [0, 0.1) is 12.8 Å². The lowest BCUT2D eigenvalue weighted by Crippen LogP contribution is -2.48. The minimum absolute atomic E-state index is 0.148. The number of likely N-dealkylation sites (tertiary alicyclic amines) is 1. The number of pyridine rings is 1. The summed E-state index contributed by atoms with van der Waals surface area (Å²) in [5.74, 6) is -5.15. The number of hydrogen-bond acceptors (Lipinski definition) is 3. The van der Waals surface area contributed by atoms with Crippen LogP contribution >= 0.6 is 0 Å². The lowest BCUT2D eigenvalue weighted by atomic mass is 9.95. The van der Waals surface area contributed by atoms with Crippen LogP contribution in [0.4, 0.5) is 8.78 Å². The van der Waals surface area contributed by atoms with Crippen molar-refractivity contribution in [3.63, 3.8) is 0 Å². The van der Waals surface area contributed by atoms with Crippen LogP contribution in [-0.4, -0.2) is 40.0 Å². The van der Waals surface area contributed by atoms with Gasteiger partial charge in [0.05, 0.1) is 18.0 Å². The Morgan fingerprint density at radius 1 is 1.39 bits per heavy atom. The van der Waals surface area contributed by atoms with E-state index in [-0.39, 0.29) is 6.54 Å². The quantitative estimate of drug-likeness (QED) is 0.944. The summed E-state index contributed by atoms with van der Waals surface area (Å²) in [6, 6.07) is 9.50. The molecule has 1 aromatic carbocycles. The molecular formula is C17H18F2N2O2. The fraction of sp³-hybridized carbons (Fsp3) is 0.412. The molecule has 6 heteroatoms. The highest BCUT2D eigenvalue weighted by Gasteiger charge is 2.42. The molecule has 1 aliphatic rings. The molecule has 1 fully saturated rings. The molecule has 1 unspecified atom stereocenters. The van der Waals surface area contributed by atoms with Crippen LogP contribution in [0.5, 0.6) is 0 Å². The normalized spacial score (nSPS) is 21.4. The first-order valence-corrected chi connectivity index (χ1v) is 7.52. The van der Waals surface area contributed by atoms with Gasteiger partial charge in [-0.05, 0) is 30.7 Å². The Kier molecular flexibility index (Phi) is 4.02. The van der Waals surface area contributed by atoms with Gasteiger partial charge in [0.15, 0.2) is 0 Å². The molecule has 3 rings (SSSR count). The van der Waals surface area contributed by atoms with Crippen molar-refractivity contribution in [2.75, 3.05) is 13.1 Å². The molecule has 2 aromatic rings. The fourth-order valence-corrected chi connectivity index (χ4v) is 3.11. The van der Waals surface area contributed by atoms with Crippen molar-refractivity contribution >= 4 is 16.9 Å². The van der Waals surface area contributed by atoms with Crippen LogP contribution in [0.15, 0.2) is 30.3 Å². The number of halogens is 2. The zero-order chi connectivity index (χ0) is 16.6. The van der Waals surface area contributed by atoms with E-state index in [9.17, 15) is 13.6 Å². The summed E-state index contributed by atoms with van der Waals surface area (Å²) in [5.41, 5.74) is 2.66. The predicted octanol–water partition coefficient (Wildman–Crippen LogP) is 3.09. The molecular weight excluding hydrogens is 302 g/mol. The van der Waals surface area contributed by atoms with E-state index < -0.39 is 30.8 Å². The second-order valence-corrected chi connectivity index (χ2v) is 6.24. The summed E-state index contributed by atoms with van der Waals surface area (Å²) in [4.78, 5) is 17.0. The summed E-state index contributed by atoms with van der Waals surface area (Å²) in [7, 11) is 0. The van der Waals surface area contributed by atoms with Crippen molar-refractivity contribution in [1.82, 2.24) is 9.88 Å². The Bertz CT molecular complexity index is 748. The minimum atomic E-state index is -2.96. The average molecular weight is 320 g/mol. The van der Waals surface area contributed by atoms with Gasteiger partial charge in [-0.1, -0.05) is 12.1 Å². The Balaban J connectivity index is 1.80. The maximum atomic E-state index is 13.8. The number of benzene rings is 1. The van der Waals surface area contributed by atoms with Crippen LogP contribution in [-0.2, 0) is 11.3 Å². The van der Waals surface area contributed by atoms with Crippen molar-refractivity contribution in [3.05, 3.63) is 41.6 Å². The van der Waals surface area contributed by atoms with Gasteiger partial charge in [0, 0.05) is 30.6 Å².